The minimum Gasteiger partial charge on any atom is -0.488 e. The fourth-order valence-corrected chi connectivity index (χ4v) is 6.97. The Balaban J connectivity index is 1.38. The average molecular weight is 654 g/mol. The van der Waals surface area contributed by atoms with Crippen molar-refractivity contribution in [2.75, 3.05) is 6.61 Å². The maximum atomic E-state index is 7.02. The first kappa shape index (κ1) is 35.0. The van der Waals surface area contributed by atoms with Crippen LogP contribution in [-0.2, 0) is 18.0 Å². The first-order chi connectivity index (χ1) is 23.0. The van der Waals surface area contributed by atoms with Gasteiger partial charge < -0.3 is 14.2 Å². The van der Waals surface area contributed by atoms with Crippen molar-refractivity contribution in [3.8, 4) is 22.8 Å². The van der Waals surface area contributed by atoms with Gasteiger partial charge in [-0.3, -0.25) is 0 Å². The Morgan fingerprint density at radius 1 is 0.809 bits per heavy atom. The standard InChI is InChI=1S/C42H52ClNO3/c1-4-31(2)19-11-6-5-7-12-24-35-27-32(3)39(45-30-35)38-40(46-28-33-20-13-8-14-21-33)37(36-25-17-10-18-26-36)41(43)44-42(38)47-29-34-22-15-9-16-23-34/h8-10,13-18,20-23,25-26,31-32,35,39H,4-7,11-12,19,24,27-30H2,1-3H3/t31?,32-,35+,39-/m1/s1. The van der Waals surface area contributed by atoms with Gasteiger partial charge in [0.25, 0.3) is 0 Å². The van der Waals surface area contributed by atoms with Crippen molar-refractivity contribution in [3.63, 3.8) is 0 Å². The summed E-state index contributed by atoms with van der Waals surface area (Å²) in [6, 6.07) is 30.6. The predicted molar refractivity (Wildman–Crippen MR) is 194 cm³/mol. The number of aromatic nitrogens is 1. The van der Waals surface area contributed by atoms with Crippen molar-refractivity contribution in [3.05, 3.63) is 113 Å². The number of unbranched alkanes of at least 4 members (excludes halogenated alkanes) is 4. The molecule has 0 saturated carbocycles. The number of halogens is 1. The molecule has 1 aliphatic heterocycles. The third-order valence-electron chi connectivity index (χ3n) is 9.64. The molecule has 1 fully saturated rings. The molecule has 250 valence electrons. The number of nitrogens with zero attached hydrogens (tertiary/aromatic N) is 1. The highest BCUT2D eigenvalue weighted by Crippen LogP contribution is 2.50. The van der Waals surface area contributed by atoms with Gasteiger partial charge in [-0.15, -0.1) is 0 Å². The van der Waals surface area contributed by atoms with Crippen LogP contribution in [0.5, 0.6) is 11.6 Å². The highest BCUT2D eigenvalue weighted by atomic mass is 35.5. The topological polar surface area (TPSA) is 40.6 Å². The SMILES string of the molecule is CCC(C)CCCCCCC[C@@H]1CO[C@@H](c2c(OCc3ccccc3)nc(Cl)c(-c3ccccc3)c2OCc2ccccc2)[C@H](C)C1. The Morgan fingerprint density at radius 2 is 1.40 bits per heavy atom. The summed E-state index contributed by atoms with van der Waals surface area (Å²) in [5.41, 5.74) is 4.72. The van der Waals surface area contributed by atoms with E-state index in [1.165, 1.54) is 51.4 Å². The summed E-state index contributed by atoms with van der Waals surface area (Å²) in [6.45, 7) is 8.46. The van der Waals surface area contributed by atoms with Gasteiger partial charge in [-0.2, -0.15) is 0 Å². The number of rotatable bonds is 17. The molecule has 2 heterocycles. The molecule has 5 heteroatoms. The summed E-state index contributed by atoms with van der Waals surface area (Å²) in [5.74, 6) is 2.84. The summed E-state index contributed by atoms with van der Waals surface area (Å²) in [4.78, 5) is 4.89. The highest BCUT2D eigenvalue weighted by molar-refractivity contribution is 6.32. The molecule has 4 nitrogen and oxygen atoms in total. The third-order valence-corrected chi connectivity index (χ3v) is 9.91. The van der Waals surface area contributed by atoms with E-state index < -0.39 is 0 Å². The molecular formula is C42H52ClNO3. The quantitative estimate of drug-likeness (QED) is 0.0839. The molecule has 0 bridgehead atoms. The van der Waals surface area contributed by atoms with E-state index in [0.29, 0.717) is 35.9 Å². The fourth-order valence-electron chi connectivity index (χ4n) is 6.70. The molecular weight excluding hydrogens is 602 g/mol. The smallest absolute Gasteiger partial charge is 0.224 e. The maximum absolute atomic E-state index is 7.02. The summed E-state index contributed by atoms with van der Waals surface area (Å²) >= 11 is 7.02. The number of benzene rings is 3. The predicted octanol–water partition coefficient (Wildman–Crippen LogP) is 12.1. The molecule has 4 atom stereocenters. The summed E-state index contributed by atoms with van der Waals surface area (Å²) < 4.78 is 20.0. The molecule has 1 unspecified atom stereocenters. The highest BCUT2D eigenvalue weighted by Gasteiger charge is 2.36. The van der Waals surface area contributed by atoms with E-state index in [1.807, 2.05) is 54.6 Å². The molecule has 1 aromatic heterocycles. The van der Waals surface area contributed by atoms with Gasteiger partial charge in [0.2, 0.25) is 5.88 Å². The molecule has 5 rings (SSSR count). The molecule has 0 spiro atoms. The van der Waals surface area contributed by atoms with Gasteiger partial charge >= 0.3 is 0 Å². The second-order valence-corrected chi connectivity index (χ2v) is 13.8. The van der Waals surface area contributed by atoms with Gasteiger partial charge in [-0.1, -0.05) is 168 Å². The van der Waals surface area contributed by atoms with E-state index in [4.69, 9.17) is 30.8 Å². The molecule has 0 N–H and O–H groups in total. The normalized spacial score (nSPS) is 18.5. The molecule has 47 heavy (non-hydrogen) atoms. The Kier molecular flexibility index (Phi) is 13.6. The lowest BCUT2D eigenvalue weighted by Crippen LogP contribution is -2.28. The molecule has 0 aliphatic carbocycles. The van der Waals surface area contributed by atoms with E-state index in [2.05, 4.69) is 57.2 Å². The number of ether oxygens (including phenoxy) is 3. The van der Waals surface area contributed by atoms with Gasteiger partial charge in [0, 0.05) is 0 Å². The van der Waals surface area contributed by atoms with E-state index >= 15 is 0 Å². The first-order valence-corrected chi connectivity index (χ1v) is 18.1. The van der Waals surface area contributed by atoms with Crippen LogP contribution in [-0.4, -0.2) is 11.6 Å². The monoisotopic (exact) mass is 653 g/mol. The van der Waals surface area contributed by atoms with Crippen LogP contribution in [0.2, 0.25) is 5.15 Å². The summed E-state index contributed by atoms with van der Waals surface area (Å²) in [6.07, 6.45) is 11.4. The molecule has 1 saturated heterocycles. The van der Waals surface area contributed by atoms with E-state index in [1.54, 1.807) is 0 Å². The zero-order valence-corrected chi connectivity index (χ0v) is 29.3. The van der Waals surface area contributed by atoms with Crippen LogP contribution in [0.25, 0.3) is 11.1 Å². The van der Waals surface area contributed by atoms with Gasteiger partial charge in [0.1, 0.15) is 24.1 Å². The van der Waals surface area contributed by atoms with Gasteiger partial charge in [0.15, 0.2) is 0 Å². The second-order valence-electron chi connectivity index (χ2n) is 13.4. The number of pyridine rings is 1. The molecule has 4 aromatic rings. The van der Waals surface area contributed by atoms with Crippen LogP contribution in [0.3, 0.4) is 0 Å². The Labute approximate surface area is 287 Å². The zero-order chi connectivity index (χ0) is 32.8. The number of hydrogen-bond acceptors (Lipinski definition) is 4. The van der Waals surface area contributed by atoms with Crippen molar-refractivity contribution in [2.24, 2.45) is 17.8 Å². The van der Waals surface area contributed by atoms with Crippen LogP contribution in [0.1, 0.15) is 101 Å². The van der Waals surface area contributed by atoms with Crippen LogP contribution < -0.4 is 9.47 Å². The van der Waals surface area contributed by atoms with E-state index in [0.717, 1.165) is 46.8 Å². The zero-order valence-electron chi connectivity index (χ0n) is 28.5. The van der Waals surface area contributed by atoms with Crippen molar-refractivity contribution in [2.45, 2.75) is 97.9 Å². The fraction of sp³-hybridized carbons (Fsp3) is 0.452. The van der Waals surface area contributed by atoms with Crippen LogP contribution in [0, 0.1) is 17.8 Å². The minimum absolute atomic E-state index is 0.226. The van der Waals surface area contributed by atoms with Crippen molar-refractivity contribution in [1.82, 2.24) is 4.98 Å². The lowest BCUT2D eigenvalue weighted by atomic mass is 9.83. The lowest BCUT2D eigenvalue weighted by molar-refractivity contribution is -0.0577. The van der Waals surface area contributed by atoms with Crippen molar-refractivity contribution in [1.29, 1.82) is 0 Å². The molecule has 3 aromatic carbocycles. The maximum Gasteiger partial charge on any atom is 0.224 e. The summed E-state index contributed by atoms with van der Waals surface area (Å²) in [7, 11) is 0. The average Bonchev–Trinajstić information content (AvgIpc) is 3.10. The van der Waals surface area contributed by atoms with Gasteiger partial charge in [-0.25, -0.2) is 4.98 Å². The van der Waals surface area contributed by atoms with Crippen molar-refractivity contribution < 1.29 is 14.2 Å². The number of hydrogen-bond donors (Lipinski definition) is 0. The summed E-state index contributed by atoms with van der Waals surface area (Å²) in [5, 5.41) is 0.358. The molecule has 1 aliphatic rings. The molecule has 0 radical (unpaired) electrons. The largest absolute Gasteiger partial charge is 0.488 e. The second kappa shape index (κ2) is 18.3. The lowest BCUT2D eigenvalue weighted by Gasteiger charge is -2.36. The van der Waals surface area contributed by atoms with E-state index in [9.17, 15) is 0 Å². The van der Waals surface area contributed by atoms with Gasteiger partial charge in [0.05, 0.1) is 23.8 Å². The minimum atomic E-state index is -0.226. The Hall–Kier alpha value is -3.34. The first-order valence-electron chi connectivity index (χ1n) is 17.8. The van der Waals surface area contributed by atoms with E-state index in [-0.39, 0.29) is 12.0 Å². The van der Waals surface area contributed by atoms with Crippen LogP contribution >= 0.6 is 11.6 Å². The third kappa shape index (κ3) is 10.1. The molecule has 0 amide bonds. The van der Waals surface area contributed by atoms with Crippen LogP contribution in [0.15, 0.2) is 91.0 Å². The Bertz CT molecular complexity index is 1480. The van der Waals surface area contributed by atoms with Gasteiger partial charge in [-0.05, 0) is 47.3 Å². The Morgan fingerprint density at radius 3 is 2.04 bits per heavy atom. The van der Waals surface area contributed by atoms with Crippen LogP contribution in [0.4, 0.5) is 0 Å². The van der Waals surface area contributed by atoms with Crippen molar-refractivity contribution >= 4 is 11.6 Å².